The monoisotopic (exact) mass is 364 g/mol. The number of hydrogen-bond acceptors (Lipinski definition) is 5. The Morgan fingerprint density at radius 2 is 1.95 bits per heavy atom. The van der Waals surface area contributed by atoms with Crippen molar-refractivity contribution in [2.24, 2.45) is 0 Å². The molecule has 0 spiro atoms. The molecule has 0 aliphatic carbocycles. The number of aromatic nitrogens is 1. The quantitative estimate of drug-likeness (QED) is 0.862. The lowest BCUT2D eigenvalue weighted by Crippen LogP contribution is -2.15. The first-order valence-electron chi connectivity index (χ1n) is 5.81. The summed E-state index contributed by atoms with van der Waals surface area (Å²) in [5.74, 6) is -1.11. The van der Waals surface area contributed by atoms with Crippen LogP contribution in [0.25, 0.3) is 0 Å². The van der Waals surface area contributed by atoms with E-state index in [1.165, 1.54) is 6.92 Å². The molecule has 22 heavy (non-hydrogen) atoms. The summed E-state index contributed by atoms with van der Waals surface area (Å²) in [6.45, 7) is 3.10. The lowest BCUT2D eigenvalue weighted by molar-refractivity contribution is 0.0697. The van der Waals surface area contributed by atoms with Crippen molar-refractivity contribution >= 4 is 44.9 Å². The molecule has 0 atom stereocenters. The average molecular weight is 365 g/mol. The largest absolute Gasteiger partial charge is 0.478 e. The molecule has 0 unspecified atom stereocenters. The van der Waals surface area contributed by atoms with E-state index in [0.29, 0.717) is 5.69 Å². The molecule has 2 rings (SSSR count). The van der Waals surface area contributed by atoms with Gasteiger partial charge in [0.2, 0.25) is 0 Å². The third-order valence-electron chi connectivity index (χ3n) is 2.81. The highest BCUT2D eigenvalue weighted by atomic mass is 35.5. The topological polar surface area (TPSA) is 110 Å². The van der Waals surface area contributed by atoms with Gasteiger partial charge in [-0.3, -0.25) is 4.72 Å². The number of carboxylic acids is 1. The van der Waals surface area contributed by atoms with Crippen LogP contribution in [0.5, 0.6) is 0 Å². The Morgan fingerprint density at radius 3 is 2.45 bits per heavy atom. The predicted molar refractivity (Wildman–Crippen MR) is 80.2 cm³/mol. The van der Waals surface area contributed by atoms with E-state index in [1.807, 2.05) is 0 Å². The molecule has 0 saturated carbocycles. The molecule has 0 radical (unpaired) electrons. The maximum Gasteiger partial charge on any atom is 0.337 e. The number of aryl methyl sites for hydroxylation is 2. The van der Waals surface area contributed by atoms with Gasteiger partial charge in [-0.25, -0.2) is 13.2 Å². The SMILES string of the molecule is Cc1noc(C)c1NS(=O)(=O)c1cc(Cl)c(Cl)c(C(=O)O)c1. The van der Waals surface area contributed by atoms with Crippen molar-refractivity contribution in [2.75, 3.05) is 4.72 Å². The number of nitrogens with one attached hydrogen (secondary N) is 1. The summed E-state index contributed by atoms with van der Waals surface area (Å²) in [4.78, 5) is 10.8. The van der Waals surface area contributed by atoms with Crippen LogP contribution in [0, 0.1) is 13.8 Å². The molecule has 0 aliphatic heterocycles. The van der Waals surface area contributed by atoms with Crippen LogP contribution in [0.1, 0.15) is 21.8 Å². The van der Waals surface area contributed by atoms with Crippen molar-refractivity contribution in [3.63, 3.8) is 0 Å². The van der Waals surface area contributed by atoms with Gasteiger partial charge in [0.05, 0.1) is 20.5 Å². The number of sulfonamides is 1. The Kier molecular flexibility index (Phi) is 4.37. The van der Waals surface area contributed by atoms with Gasteiger partial charge in [0.1, 0.15) is 11.4 Å². The number of aromatic carboxylic acids is 1. The number of carboxylic acid groups (broad SMARTS) is 1. The maximum absolute atomic E-state index is 12.4. The van der Waals surface area contributed by atoms with Crippen molar-refractivity contribution < 1.29 is 22.8 Å². The van der Waals surface area contributed by atoms with Gasteiger partial charge >= 0.3 is 5.97 Å². The number of anilines is 1. The van der Waals surface area contributed by atoms with Crippen molar-refractivity contribution in [2.45, 2.75) is 18.7 Å². The van der Waals surface area contributed by atoms with Crippen molar-refractivity contribution in [3.05, 3.63) is 39.2 Å². The molecule has 0 aliphatic rings. The van der Waals surface area contributed by atoms with Crippen LogP contribution >= 0.6 is 23.2 Å². The zero-order valence-electron chi connectivity index (χ0n) is 11.3. The van der Waals surface area contributed by atoms with Gasteiger partial charge in [-0.1, -0.05) is 28.4 Å². The highest BCUT2D eigenvalue weighted by Crippen LogP contribution is 2.31. The Hall–Kier alpha value is -1.77. The molecular weight excluding hydrogens is 355 g/mol. The van der Waals surface area contributed by atoms with E-state index >= 15 is 0 Å². The molecule has 10 heteroatoms. The second-order valence-electron chi connectivity index (χ2n) is 4.38. The summed E-state index contributed by atoms with van der Waals surface area (Å²) >= 11 is 11.5. The number of nitrogens with zero attached hydrogens (tertiary/aromatic N) is 1. The number of carbonyl (C=O) groups is 1. The van der Waals surface area contributed by atoms with E-state index in [1.54, 1.807) is 6.92 Å². The van der Waals surface area contributed by atoms with Crippen molar-refractivity contribution in [1.82, 2.24) is 5.16 Å². The standard InChI is InChI=1S/C12H10Cl2N2O5S/c1-5-11(6(2)21-15-5)16-22(19,20)7-3-8(12(17)18)10(14)9(13)4-7/h3-4,16H,1-2H3,(H,17,18). The van der Waals surface area contributed by atoms with E-state index in [9.17, 15) is 13.2 Å². The molecule has 1 aromatic heterocycles. The molecule has 118 valence electrons. The molecule has 2 aromatic rings. The smallest absolute Gasteiger partial charge is 0.337 e. The van der Waals surface area contributed by atoms with Crippen LogP contribution in [0.3, 0.4) is 0 Å². The van der Waals surface area contributed by atoms with Gasteiger partial charge in [-0.05, 0) is 26.0 Å². The lowest BCUT2D eigenvalue weighted by atomic mass is 10.2. The lowest BCUT2D eigenvalue weighted by Gasteiger charge is -2.10. The fourth-order valence-corrected chi connectivity index (χ4v) is 3.39. The molecule has 0 fully saturated rings. The van der Waals surface area contributed by atoms with Crippen LogP contribution < -0.4 is 4.72 Å². The zero-order chi connectivity index (χ0) is 16.7. The fourth-order valence-electron chi connectivity index (χ4n) is 1.70. The molecule has 1 heterocycles. The first kappa shape index (κ1) is 16.6. The van der Waals surface area contributed by atoms with Gasteiger partial charge in [-0.2, -0.15) is 0 Å². The first-order valence-corrected chi connectivity index (χ1v) is 8.05. The summed E-state index contributed by atoms with van der Waals surface area (Å²) in [7, 11) is -4.08. The fraction of sp³-hybridized carbons (Fsp3) is 0.167. The average Bonchev–Trinajstić information content (AvgIpc) is 2.72. The Bertz CT molecular complexity index is 841. The van der Waals surface area contributed by atoms with Gasteiger partial charge in [-0.15, -0.1) is 0 Å². The minimum absolute atomic E-state index is 0.180. The van der Waals surface area contributed by atoms with E-state index in [-0.39, 0.29) is 26.4 Å². The Labute approximate surface area is 135 Å². The van der Waals surface area contributed by atoms with E-state index < -0.39 is 21.6 Å². The summed E-state index contributed by atoms with van der Waals surface area (Å²) in [5.41, 5.74) is 0.121. The molecule has 2 N–H and O–H groups in total. The van der Waals surface area contributed by atoms with E-state index in [2.05, 4.69) is 9.88 Å². The molecular formula is C12H10Cl2N2O5S. The molecule has 7 nitrogen and oxygen atoms in total. The normalized spacial score (nSPS) is 11.5. The highest BCUT2D eigenvalue weighted by molar-refractivity contribution is 7.92. The second-order valence-corrected chi connectivity index (χ2v) is 6.84. The van der Waals surface area contributed by atoms with Crippen molar-refractivity contribution in [1.29, 1.82) is 0 Å². The minimum atomic E-state index is -4.08. The number of hydrogen-bond donors (Lipinski definition) is 2. The van der Waals surface area contributed by atoms with Crippen LogP contribution in [0.4, 0.5) is 5.69 Å². The number of benzene rings is 1. The van der Waals surface area contributed by atoms with Crippen LogP contribution in [-0.4, -0.2) is 24.7 Å². The number of halogens is 2. The van der Waals surface area contributed by atoms with Crippen LogP contribution in [0.15, 0.2) is 21.6 Å². The summed E-state index contributed by atoms with van der Waals surface area (Å²) in [6.07, 6.45) is 0. The molecule has 1 aromatic carbocycles. The third kappa shape index (κ3) is 3.03. The molecule has 0 amide bonds. The van der Waals surface area contributed by atoms with Gasteiger partial charge < -0.3 is 9.63 Å². The summed E-state index contributed by atoms with van der Waals surface area (Å²) < 4.78 is 31.9. The first-order chi connectivity index (χ1) is 10.1. The zero-order valence-corrected chi connectivity index (χ0v) is 13.7. The number of rotatable bonds is 4. The van der Waals surface area contributed by atoms with Gasteiger partial charge in [0.25, 0.3) is 10.0 Å². The predicted octanol–water partition coefficient (Wildman–Crippen LogP) is 3.10. The highest BCUT2D eigenvalue weighted by Gasteiger charge is 2.23. The summed E-state index contributed by atoms with van der Waals surface area (Å²) in [5, 5.41) is 12.3. The van der Waals surface area contributed by atoms with Gasteiger partial charge in [0.15, 0.2) is 5.76 Å². The maximum atomic E-state index is 12.4. The molecule has 0 bridgehead atoms. The Balaban J connectivity index is 2.53. The summed E-state index contributed by atoms with van der Waals surface area (Å²) in [6, 6.07) is 1.99. The van der Waals surface area contributed by atoms with E-state index in [0.717, 1.165) is 12.1 Å². The van der Waals surface area contributed by atoms with Crippen LogP contribution in [-0.2, 0) is 10.0 Å². The third-order valence-corrected chi connectivity index (χ3v) is 4.94. The van der Waals surface area contributed by atoms with E-state index in [4.69, 9.17) is 32.8 Å². The minimum Gasteiger partial charge on any atom is -0.478 e. The Morgan fingerprint density at radius 1 is 1.32 bits per heavy atom. The van der Waals surface area contributed by atoms with Crippen molar-refractivity contribution in [3.8, 4) is 0 Å². The molecule has 0 saturated heterocycles. The van der Waals surface area contributed by atoms with Crippen LogP contribution in [0.2, 0.25) is 10.0 Å². The second kappa shape index (κ2) is 5.79. The van der Waals surface area contributed by atoms with Gasteiger partial charge in [0, 0.05) is 0 Å².